The molecule has 1 amide bonds. The Morgan fingerprint density at radius 1 is 1.00 bits per heavy atom. The number of anilines is 1. The highest BCUT2D eigenvalue weighted by Gasteiger charge is 2.03. The van der Waals surface area contributed by atoms with Gasteiger partial charge >= 0.3 is 0 Å². The molecule has 2 aromatic rings. The van der Waals surface area contributed by atoms with E-state index in [1.54, 1.807) is 0 Å². The summed E-state index contributed by atoms with van der Waals surface area (Å²) in [4.78, 5) is 11.8. The van der Waals surface area contributed by atoms with Crippen LogP contribution in [0.25, 0.3) is 5.70 Å². The highest BCUT2D eigenvalue weighted by Crippen LogP contribution is 2.10. The number of carbonyl (C=O) groups excluding carboxylic acids is 1. The maximum absolute atomic E-state index is 11.8. The van der Waals surface area contributed by atoms with Crippen LogP contribution in [0.1, 0.15) is 16.7 Å². The van der Waals surface area contributed by atoms with Gasteiger partial charge in [-0.25, -0.2) is 0 Å². The normalized spacial score (nSPS) is 9.91. The summed E-state index contributed by atoms with van der Waals surface area (Å²) in [7, 11) is 0. The molecule has 0 atom stereocenters. The zero-order valence-corrected chi connectivity index (χ0v) is 12.9. The molecule has 0 saturated heterocycles. The van der Waals surface area contributed by atoms with E-state index < -0.39 is 0 Å². The smallest absolute Gasteiger partial charge is 0.257 e. The second-order valence-corrected chi connectivity index (χ2v) is 5.24. The summed E-state index contributed by atoms with van der Waals surface area (Å²) in [5, 5.41) is 3.07. The molecule has 0 aliphatic rings. The van der Waals surface area contributed by atoms with Crippen LogP contribution in [0.4, 0.5) is 5.69 Å². The van der Waals surface area contributed by atoms with Gasteiger partial charge in [-0.15, -0.1) is 0 Å². The van der Waals surface area contributed by atoms with Crippen LogP contribution in [0.2, 0.25) is 0 Å². The maximum Gasteiger partial charge on any atom is 0.257 e. The SMILES string of the molecule is C=C(NNC(=O)CNc1cccc(C)c1)c1ccc(C)cc1. The number of benzene rings is 2. The molecule has 4 nitrogen and oxygen atoms in total. The van der Waals surface area contributed by atoms with E-state index in [1.807, 2.05) is 62.4 Å². The molecule has 0 aliphatic heterocycles. The third kappa shape index (κ3) is 4.66. The first kappa shape index (κ1) is 15.6. The first-order chi connectivity index (χ1) is 10.5. The zero-order chi connectivity index (χ0) is 15.9. The Hall–Kier alpha value is -2.75. The molecule has 3 N–H and O–H groups in total. The van der Waals surface area contributed by atoms with Crippen molar-refractivity contribution >= 4 is 17.3 Å². The van der Waals surface area contributed by atoms with Crippen molar-refractivity contribution in [1.29, 1.82) is 0 Å². The number of amides is 1. The van der Waals surface area contributed by atoms with Gasteiger partial charge in [-0.2, -0.15) is 0 Å². The summed E-state index contributed by atoms with van der Waals surface area (Å²) in [6.45, 7) is 8.14. The quantitative estimate of drug-likeness (QED) is 0.718. The number of hydrazine groups is 1. The minimum atomic E-state index is -0.158. The van der Waals surface area contributed by atoms with Gasteiger partial charge in [0.15, 0.2) is 0 Å². The molecule has 2 aromatic carbocycles. The summed E-state index contributed by atoms with van der Waals surface area (Å²) >= 11 is 0. The van der Waals surface area contributed by atoms with E-state index in [1.165, 1.54) is 5.56 Å². The van der Waals surface area contributed by atoms with Crippen molar-refractivity contribution in [2.24, 2.45) is 0 Å². The van der Waals surface area contributed by atoms with E-state index in [9.17, 15) is 4.79 Å². The third-order valence-electron chi connectivity index (χ3n) is 3.22. The van der Waals surface area contributed by atoms with Gasteiger partial charge in [-0.05, 0) is 37.1 Å². The number of hydrogen-bond acceptors (Lipinski definition) is 3. The summed E-state index contributed by atoms with van der Waals surface area (Å²) in [6, 6.07) is 15.8. The molecule has 0 unspecified atom stereocenters. The molecule has 0 fully saturated rings. The molecule has 0 heterocycles. The Morgan fingerprint density at radius 3 is 2.41 bits per heavy atom. The van der Waals surface area contributed by atoms with Crippen LogP contribution < -0.4 is 16.2 Å². The van der Waals surface area contributed by atoms with Gasteiger partial charge in [0.1, 0.15) is 0 Å². The fourth-order valence-corrected chi connectivity index (χ4v) is 1.95. The van der Waals surface area contributed by atoms with Crippen molar-refractivity contribution in [1.82, 2.24) is 10.9 Å². The summed E-state index contributed by atoms with van der Waals surface area (Å²) in [5.41, 5.74) is 10.3. The summed E-state index contributed by atoms with van der Waals surface area (Å²) < 4.78 is 0. The third-order valence-corrected chi connectivity index (χ3v) is 3.22. The van der Waals surface area contributed by atoms with E-state index in [0.29, 0.717) is 5.70 Å². The molecular weight excluding hydrogens is 274 g/mol. The lowest BCUT2D eigenvalue weighted by atomic mass is 10.1. The summed E-state index contributed by atoms with van der Waals surface area (Å²) in [5.74, 6) is -0.158. The maximum atomic E-state index is 11.8. The van der Waals surface area contributed by atoms with Gasteiger partial charge in [0.2, 0.25) is 0 Å². The standard InChI is InChI=1S/C18H21N3O/c1-13-7-9-16(10-8-13)15(3)20-21-18(22)12-19-17-6-4-5-14(2)11-17/h4-11,19-20H,3,12H2,1-2H3,(H,21,22). The summed E-state index contributed by atoms with van der Waals surface area (Å²) in [6.07, 6.45) is 0. The molecule has 114 valence electrons. The lowest BCUT2D eigenvalue weighted by molar-refractivity contribution is -0.120. The van der Waals surface area contributed by atoms with Crippen LogP contribution in [0.3, 0.4) is 0 Å². The van der Waals surface area contributed by atoms with Crippen LogP contribution in [-0.2, 0) is 4.79 Å². The predicted octanol–water partition coefficient (Wildman–Crippen LogP) is 3.01. The number of carbonyl (C=O) groups is 1. The van der Waals surface area contributed by atoms with E-state index in [4.69, 9.17) is 0 Å². The van der Waals surface area contributed by atoms with Crippen LogP contribution in [0.15, 0.2) is 55.1 Å². The van der Waals surface area contributed by atoms with E-state index in [0.717, 1.165) is 16.8 Å². The van der Waals surface area contributed by atoms with E-state index >= 15 is 0 Å². The Morgan fingerprint density at radius 2 is 1.73 bits per heavy atom. The lowest BCUT2D eigenvalue weighted by Gasteiger charge is -2.12. The molecule has 22 heavy (non-hydrogen) atoms. The van der Waals surface area contributed by atoms with Crippen LogP contribution in [-0.4, -0.2) is 12.5 Å². The average molecular weight is 295 g/mol. The number of aryl methyl sites for hydroxylation is 2. The van der Waals surface area contributed by atoms with Crippen molar-refractivity contribution in [2.75, 3.05) is 11.9 Å². The Bertz CT molecular complexity index is 662. The van der Waals surface area contributed by atoms with Gasteiger partial charge in [0.25, 0.3) is 5.91 Å². The number of rotatable bonds is 6. The molecule has 0 aromatic heterocycles. The van der Waals surface area contributed by atoms with Crippen molar-refractivity contribution in [3.05, 3.63) is 71.8 Å². The van der Waals surface area contributed by atoms with Crippen LogP contribution in [0.5, 0.6) is 0 Å². The molecule has 0 saturated carbocycles. The minimum absolute atomic E-state index is 0.158. The number of hydrogen-bond donors (Lipinski definition) is 3. The predicted molar refractivity (Wildman–Crippen MR) is 91.2 cm³/mol. The lowest BCUT2D eigenvalue weighted by Crippen LogP contribution is -2.39. The van der Waals surface area contributed by atoms with Gasteiger partial charge in [0.05, 0.1) is 12.2 Å². The molecule has 4 heteroatoms. The average Bonchev–Trinajstić information content (AvgIpc) is 2.51. The van der Waals surface area contributed by atoms with Crippen LogP contribution in [0, 0.1) is 13.8 Å². The number of nitrogens with one attached hydrogen (secondary N) is 3. The first-order valence-corrected chi connectivity index (χ1v) is 7.16. The monoisotopic (exact) mass is 295 g/mol. The Labute approximate surface area is 131 Å². The Balaban J connectivity index is 1.78. The molecule has 0 bridgehead atoms. The fourth-order valence-electron chi connectivity index (χ4n) is 1.95. The van der Waals surface area contributed by atoms with Gasteiger partial charge < -0.3 is 5.32 Å². The molecule has 0 radical (unpaired) electrons. The van der Waals surface area contributed by atoms with Crippen LogP contribution >= 0.6 is 0 Å². The van der Waals surface area contributed by atoms with Crippen molar-refractivity contribution in [3.8, 4) is 0 Å². The second-order valence-electron chi connectivity index (χ2n) is 5.24. The largest absolute Gasteiger partial charge is 0.376 e. The Kier molecular flexibility index (Phi) is 5.20. The molecule has 0 spiro atoms. The molecular formula is C18H21N3O. The van der Waals surface area contributed by atoms with E-state index in [2.05, 4.69) is 22.7 Å². The van der Waals surface area contributed by atoms with Gasteiger partial charge in [-0.1, -0.05) is 48.5 Å². The zero-order valence-electron chi connectivity index (χ0n) is 12.9. The topological polar surface area (TPSA) is 53.2 Å². The fraction of sp³-hybridized carbons (Fsp3) is 0.167. The second kappa shape index (κ2) is 7.31. The van der Waals surface area contributed by atoms with Gasteiger partial charge in [-0.3, -0.25) is 15.6 Å². The highest BCUT2D eigenvalue weighted by atomic mass is 16.2. The van der Waals surface area contributed by atoms with Crippen molar-refractivity contribution < 1.29 is 4.79 Å². The molecule has 0 aliphatic carbocycles. The highest BCUT2D eigenvalue weighted by molar-refractivity contribution is 5.81. The molecule has 2 rings (SSSR count). The van der Waals surface area contributed by atoms with E-state index in [-0.39, 0.29) is 12.5 Å². The first-order valence-electron chi connectivity index (χ1n) is 7.16. The van der Waals surface area contributed by atoms with Crippen molar-refractivity contribution in [2.45, 2.75) is 13.8 Å². The minimum Gasteiger partial charge on any atom is -0.376 e. The van der Waals surface area contributed by atoms with Gasteiger partial charge in [0, 0.05) is 5.69 Å². The van der Waals surface area contributed by atoms with Crippen molar-refractivity contribution in [3.63, 3.8) is 0 Å².